The maximum atomic E-state index is 12.8. The summed E-state index contributed by atoms with van der Waals surface area (Å²) in [5, 5.41) is 20.8. The molecule has 164 valence electrons. The molecule has 10 heteroatoms. The molecule has 4 rings (SSSR count). The molecule has 0 fully saturated rings. The Bertz CT molecular complexity index is 1350. The van der Waals surface area contributed by atoms with Gasteiger partial charge in [0.1, 0.15) is 5.75 Å². The van der Waals surface area contributed by atoms with Crippen LogP contribution in [0.15, 0.2) is 66.7 Å². The van der Waals surface area contributed by atoms with Crippen LogP contribution < -0.4 is 4.90 Å². The third kappa shape index (κ3) is 3.92. The zero-order valence-electron chi connectivity index (χ0n) is 16.8. The van der Waals surface area contributed by atoms with E-state index in [9.17, 15) is 34.4 Å². The zero-order chi connectivity index (χ0) is 23.7. The van der Waals surface area contributed by atoms with Crippen molar-refractivity contribution < 1.29 is 33.9 Å². The second-order valence-electron chi connectivity index (χ2n) is 7.00. The lowest BCUT2D eigenvalue weighted by atomic mass is 10.1. The lowest BCUT2D eigenvalue weighted by Gasteiger charge is -2.14. The van der Waals surface area contributed by atoms with E-state index in [0.29, 0.717) is 0 Å². The highest BCUT2D eigenvalue weighted by Gasteiger charge is 2.38. The molecule has 0 aliphatic carbocycles. The molecule has 0 saturated heterocycles. The lowest BCUT2D eigenvalue weighted by molar-refractivity contribution is -0.384. The summed E-state index contributed by atoms with van der Waals surface area (Å²) >= 11 is 0. The van der Waals surface area contributed by atoms with Gasteiger partial charge in [0.15, 0.2) is 6.61 Å². The van der Waals surface area contributed by atoms with Gasteiger partial charge in [0, 0.05) is 17.7 Å². The smallest absolute Gasteiger partial charge is 0.338 e. The van der Waals surface area contributed by atoms with Gasteiger partial charge in [-0.3, -0.25) is 24.5 Å². The Labute approximate surface area is 185 Å². The number of nitro groups is 1. The molecule has 1 N–H and O–H groups in total. The number of Topliss-reactive ketones (excluding diaryl/α,β-unsaturated/α-hetero) is 1. The molecule has 0 bridgehead atoms. The van der Waals surface area contributed by atoms with Gasteiger partial charge in [-0.05, 0) is 30.3 Å². The minimum atomic E-state index is -0.919. The first-order chi connectivity index (χ1) is 15.8. The van der Waals surface area contributed by atoms with E-state index in [1.165, 1.54) is 48.5 Å². The quantitative estimate of drug-likeness (QED) is 0.200. The number of nitrogens with zero attached hydrogens (tertiary/aromatic N) is 2. The third-order valence-electron chi connectivity index (χ3n) is 4.96. The summed E-state index contributed by atoms with van der Waals surface area (Å²) in [6.07, 6.45) is 0. The standard InChI is InChI=1S/C23H14N2O8/c26-19-7-2-1-6-18(19)24-21(28)16-9-8-14(11-17(16)22(24)29)23(30)33-12-20(27)13-4-3-5-15(10-13)25(31)32/h1-11,26H,12H2. The summed E-state index contributed by atoms with van der Waals surface area (Å²) in [6, 6.07) is 14.6. The average molecular weight is 446 g/mol. The second kappa shape index (κ2) is 8.35. The van der Waals surface area contributed by atoms with Crippen molar-refractivity contribution in [1.29, 1.82) is 0 Å². The van der Waals surface area contributed by atoms with E-state index in [-0.39, 0.29) is 39.4 Å². The number of ether oxygens (including phenoxy) is 1. The van der Waals surface area contributed by atoms with Crippen molar-refractivity contribution >= 4 is 34.9 Å². The van der Waals surface area contributed by atoms with E-state index in [0.717, 1.165) is 11.0 Å². The average Bonchev–Trinajstić information content (AvgIpc) is 3.07. The molecule has 1 aliphatic heterocycles. The molecule has 0 aromatic heterocycles. The molecule has 2 amide bonds. The first-order valence-corrected chi connectivity index (χ1v) is 9.53. The van der Waals surface area contributed by atoms with Crippen LogP contribution in [0.4, 0.5) is 11.4 Å². The fourth-order valence-corrected chi connectivity index (χ4v) is 3.33. The fraction of sp³-hybridized carbons (Fsp3) is 0.0435. The summed E-state index contributed by atoms with van der Waals surface area (Å²) < 4.78 is 4.99. The molecular formula is C23H14N2O8. The number of amides is 2. The lowest BCUT2D eigenvalue weighted by Crippen LogP contribution is -2.29. The Morgan fingerprint density at radius 1 is 0.909 bits per heavy atom. The molecular weight excluding hydrogens is 432 g/mol. The molecule has 0 radical (unpaired) electrons. The van der Waals surface area contributed by atoms with E-state index < -0.39 is 35.1 Å². The number of hydrogen-bond donors (Lipinski definition) is 1. The minimum Gasteiger partial charge on any atom is -0.506 e. The highest BCUT2D eigenvalue weighted by atomic mass is 16.6. The number of carbonyl (C=O) groups excluding carboxylic acids is 4. The fourth-order valence-electron chi connectivity index (χ4n) is 3.33. The number of imide groups is 1. The van der Waals surface area contributed by atoms with Crippen LogP contribution in [0, 0.1) is 10.1 Å². The van der Waals surface area contributed by atoms with Gasteiger partial charge in [-0.1, -0.05) is 24.3 Å². The number of carbonyl (C=O) groups is 4. The number of anilines is 1. The number of para-hydroxylation sites is 2. The normalized spacial score (nSPS) is 12.4. The number of phenolic OH excluding ortho intramolecular Hbond substituents is 1. The molecule has 10 nitrogen and oxygen atoms in total. The molecule has 1 heterocycles. The topological polar surface area (TPSA) is 144 Å². The van der Waals surface area contributed by atoms with Crippen molar-refractivity contribution in [2.24, 2.45) is 0 Å². The van der Waals surface area contributed by atoms with Crippen molar-refractivity contribution in [1.82, 2.24) is 0 Å². The number of benzene rings is 3. The van der Waals surface area contributed by atoms with Crippen LogP contribution in [-0.2, 0) is 4.74 Å². The van der Waals surface area contributed by atoms with Gasteiger partial charge in [0.25, 0.3) is 17.5 Å². The SMILES string of the molecule is O=C(COC(=O)c1ccc2c(c1)C(=O)N(c1ccccc1O)C2=O)c1cccc([N+](=O)[O-])c1. The first kappa shape index (κ1) is 21.4. The van der Waals surface area contributed by atoms with Crippen molar-refractivity contribution in [2.45, 2.75) is 0 Å². The largest absolute Gasteiger partial charge is 0.506 e. The van der Waals surface area contributed by atoms with Gasteiger partial charge in [0.05, 0.1) is 27.3 Å². The van der Waals surface area contributed by atoms with Crippen LogP contribution >= 0.6 is 0 Å². The van der Waals surface area contributed by atoms with Crippen LogP contribution in [-0.4, -0.2) is 40.2 Å². The van der Waals surface area contributed by atoms with E-state index in [1.54, 1.807) is 12.1 Å². The van der Waals surface area contributed by atoms with E-state index in [4.69, 9.17) is 4.74 Å². The van der Waals surface area contributed by atoms with Crippen LogP contribution in [0.5, 0.6) is 5.75 Å². The number of aromatic hydroxyl groups is 1. The highest BCUT2D eigenvalue weighted by molar-refractivity contribution is 6.35. The molecule has 0 spiro atoms. The Morgan fingerprint density at radius 3 is 2.36 bits per heavy atom. The summed E-state index contributed by atoms with van der Waals surface area (Å²) in [5.74, 6) is -3.20. The summed E-state index contributed by atoms with van der Waals surface area (Å²) in [5.41, 5.74) is -0.334. The van der Waals surface area contributed by atoms with E-state index in [1.807, 2.05) is 0 Å². The van der Waals surface area contributed by atoms with Crippen LogP contribution in [0.1, 0.15) is 41.4 Å². The Kier molecular flexibility index (Phi) is 5.41. The number of ketones is 1. The summed E-state index contributed by atoms with van der Waals surface area (Å²) in [6.45, 7) is -0.673. The monoisotopic (exact) mass is 446 g/mol. The second-order valence-corrected chi connectivity index (χ2v) is 7.00. The number of fused-ring (bicyclic) bond motifs is 1. The van der Waals surface area contributed by atoms with Gasteiger partial charge in [-0.15, -0.1) is 0 Å². The van der Waals surface area contributed by atoms with Crippen LogP contribution in [0.3, 0.4) is 0 Å². The number of non-ortho nitro benzene ring substituents is 1. The number of nitro benzene ring substituents is 1. The predicted molar refractivity (Wildman–Crippen MR) is 113 cm³/mol. The number of esters is 1. The van der Waals surface area contributed by atoms with Gasteiger partial charge in [-0.25, -0.2) is 9.69 Å². The van der Waals surface area contributed by atoms with E-state index in [2.05, 4.69) is 0 Å². The minimum absolute atomic E-state index is 0.00467. The van der Waals surface area contributed by atoms with E-state index >= 15 is 0 Å². The van der Waals surface area contributed by atoms with Gasteiger partial charge in [0.2, 0.25) is 5.78 Å². The van der Waals surface area contributed by atoms with Gasteiger partial charge < -0.3 is 9.84 Å². The summed E-state index contributed by atoms with van der Waals surface area (Å²) in [4.78, 5) is 61.1. The Balaban J connectivity index is 1.51. The Hall–Kier alpha value is -4.86. The Morgan fingerprint density at radius 2 is 1.64 bits per heavy atom. The molecule has 0 atom stereocenters. The molecule has 0 unspecified atom stereocenters. The van der Waals surface area contributed by atoms with Gasteiger partial charge >= 0.3 is 5.97 Å². The summed E-state index contributed by atoms with van der Waals surface area (Å²) in [7, 11) is 0. The molecule has 33 heavy (non-hydrogen) atoms. The van der Waals surface area contributed by atoms with Crippen LogP contribution in [0.2, 0.25) is 0 Å². The molecule has 3 aromatic carbocycles. The molecule has 1 aliphatic rings. The first-order valence-electron chi connectivity index (χ1n) is 9.53. The van der Waals surface area contributed by atoms with Crippen LogP contribution in [0.25, 0.3) is 0 Å². The molecule has 0 saturated carbocycles. The van der Waals surface area contributed by atoms with Crippen molar-refractivity contribution in [3.63, 3.8) is 0 Å². The number of phenols is 1. The predicted octanol–water partition coefficient (Wildman–Crippen LogP) is 3.14. The third-order valence-corrected chi connectivity index (χ3v) is 4.96. The van der Waals surface area contributed by atoms with Crippen molar-refractivity contribution in [3.8, 4) is 5.75 Å². The van der Waals surface area contributed by atoms with Crippen molar-refractivity contribution in [3.05, 3.63) is 99.1 Å². The maximum absolute atomic E-state index is 12.8. The number of hydrogen-bond acceptors (Lipinski definition) is 8. The maximum Gasteiger partial charge on any atom is 0.338 e. The molecule has 3 aromatic rings. The zero-order valence-corrected chi connectivity index (χ0v) is 16.8. The van der Waals surface area contributed by atoms with Crippen molar-refractivity contribution in [2.75, 3.05) is 11.5 Å². The number of rotatable bonds is 6. The highest BCUT2D eigenvalue weighted by Crippen LogP contribution is 2.34. The van der Waals surface area contributed by atoms with Gasteiger partial charge in [-0.2, -0.15) is 0 Å².